The minimum Gasteiger partial charge on any atom is -0.491 e. The van der Waals surface area contributed by atoms with Gasteiger partial charge in [0.25, 0.3) is 0 Å². The molecule has 0 radical (unpaired) electrons. The topological polar surface area (TPSA) is 59.3 Å². The van der Waals surface area contributed by atoms with Crippen LogP contribution >= 0.6 is 15.9 Å². The zero-order valence-electron chi connectivity index (χ0n) is 11.3. The van der Waals surface area contributed by atoms with Crippen molar-refractivity contribution in [1.29, 1.82) is 0 Å². The molecule has 0 amide bonds. The van der Waals surface area contributed by atoms with Gasteiger partial charge in [-0.05, 0) is 30.3 Å². The molecule has 6 heteroatoms. The van der Waals surface area contributed by atoms with Crippen LogP contribution in [-0.4, -0.2) is 34.1 Å². The lowest BCUT2D eigenvalue weighted by molar-refractivity contribution is 0.106. The van der Waals surface area contributed by atoms with E-state index in [1.54, 1.807) is 10.9 Å². The van der Waals surface area contributed by atoms with E-state index >= 15 is 0 Å². The number of nitrogens with one attached hydrogen (secondary N) is 1. The summed E-state index contributed by atoms with van der Waals surface area (Å²) in [4.78, 5) is 0. The van der Waals surface area contributed by atoms with Crippen molar-refractivity contribution in [3.05, 3.63) is 46.7 Å². The summed E-state index contributed by atoms with van der Waals surface area (Å²) in [6.07, 6.45) is 1.20. The lowest BCUT2D eigenvalue weighted by Gasteiger charge is -2.13. The Bertz CT molecular complexity index is 527. The first-order valence-electron chi connectivity index (χ1n) is 6.39. The third-order valence-corrected chi connectivity index (χ3v) is 3.39. The van der Waals surface area contributed by atoms with Crippen LogP contribution in [0.3, 0.4) is 0 Å². The van der Waals surface area contributed by atoms with Gasteiger partial charge >= 0.3 is 0 Å². The van der Waals surface area contributed by atoms with Crippen molar-refractivity contribution in [2.75, 3.05) is 13.2 Å². The lowest BCUT2D eigenvalue weighted by atomic mass is 10.3. The van der Waals surface area contributed by atoms with Gasteiger partial charge in [0, 0.05) is 30.8 Å². The molecule has 1 aromatic carbocycles. The Morgan fingerprint density at radius 1 is 1.35 bits per heavy atom. The molecule has 108 valence electrons. The summed E-state index contributed by atoms with van der Waals surface area (Å²) in [5, 5.41) is 17.1. The van der Waals surface area contributed by atoms with Gasteiger partial charge in [0.2, 0.25) is 0 Å². The number of hydrogen-bond acceptors (Lipinski definition) is 4. The highest BCUT2D eigenvalue weighted by molar-refractivity contribution is 9.10. The van der Waals surface area contributed by atoms with Gasteiger partial charge < -0.3 is 15.2 Å². The van der Waals surface area contributed by atoms with Gasteiger partial charge in [-0.2, -0.15) is 5.10 Å². The molecule has 2 aromatic rings. The maximum atomic E-state index is 9.84. The van der Waals surface area contributed by atoms with Crippen molar-refractivity contribution < 1.29 is 9.84 Å². The summed E-state index contributed by atoms with van der Waals surface area (Å²) in [5.74, 6) is 0.749. The zero-order valence-corrected chi connectivity index (χ0v) is 12.9. The molecule has 2 rings (SSSR count). The van der Waals surface area contributed by atoms with E-state index in [4.69, 9.17) is 4.74 Å². The van der Waals surface area contributed by atoms with Gasteiger partial charge in [0.1, 0.15) is 18.5 Å². The maximum absolute atomic E-state index is 9.84. The second-order valence-corrected chi connectivity index (χ2v) is 5.41. The van der Waals surface area contributed by atoms with Gasteiger partial charge in [-0.3, -0.25) is 4.68 Å². The van der Waals surface area contributed by atoms with Gasteiger partial charge in [-0.15, -0.1) is 0 Å². The Hall–Kier alpha value is -1.37. The van der Waals surface area contributed by atoms with Crippen LogP contribution in [0.25, 0.3) is 0 Å². The van der Waals surface area contributed by atoms with Crippen LogP contribution in [0.2, 0.25) is 0 Å². The number of ether oxygens (including phenoxy) is 1. The van der Waals surface area contributed by atoms with Crippen LogP contribution in [0.4, 0.5) is 0 Å². The van der Waals surface area contributed by atoms with Crippen molar-refractivity contribution in [1.82, 2.24) is 15.1 Å². The van der Waals surface area contributed by atoms with Crippen LogP contribution in [0.1, 0.15) is 5.69 Å². The van der Waals surface area contributed by atoms with Crippen molar-refractivity contribution in [3.8, 4) is 5.75 Å². The molecule has 0 aliphatic heterocycles. The zero-order chi connectivity index (χ0) is 14.4. The van der Waals surface area contributed by atoms with Crippen LogP contribution in [-0.2, 0) is 13.6 Å². The van der Waals surface area contributed by atoms with E-state index in [0.29, 0.717) is 13.1 Å². The molecule has 1 heterocycles. The van der Waals surface area contributed by atoms with Crippen LogP contribution in [0.5, 0.6) is 5.75 Å². The fraction of sp³-hybridized carbons (Fsp3) is 0.357. The number of aromatic nitrogens is 2. The quantitative estimate of drug-likeness (QED) is 0.806. The smallest absolute Gasteiger partial charge is 0.119 e. The standard InChI is InChI=1S/C14H18BrN3O2/c1-18-12(6-7-17-18)8-16-9-13(19)10-20-14-4-2-11(15)3-5-14/h2-7,13,16,19H,8-10H2,1H3. The molecular weight excluding hydrogens is 322 g/mol. The normalized spacial score (nSPS) is 12.3. The summed E-state index contributed by atoms with van der Waals surface area (Å²) >= 11 is 3.36. The van der Waals surface area contributed by atoms with Crippen LogP contribution < -0.4 is 10.1 Å². The van der Waals surface area contributed by atoms with Gasteiger partial charge in [0.05, 0.1) is 5.69 Å². The van der Waals surface area contributed by atoms with E-state index in [-0.39, 0.29) is 6.61 Å². The summed E-state index contributed by atoms with van der Waals surface area (Å²) in [7, 11) is 1.89. The molecule has 0 spiro atoms. The second-order valence-electron chi connectivity index (χ2n) is 4.50. The average molecular weight is 340 g/mol. The molecule has 1 aromatic heterocycles. The number of hydrogen-bond donors (Lipinski definition) is 2. The highest BCUT2D eigenvalue weighted by atomic mass is 79.9. The molecule has 1 atom stereocenters. The number of aliphatic hydroxyl groups is 1. The highest BCUT2D eigenvalue weighted by Gasteiger charge is 2.06. The van der Waals surface area contributed by atoms with E-state index in [1.165, 1.54) is 0 Å². The molecule has 0 aliphatic rings. The van der Waals surface area contributed by atoms with Crippen molar-refractivity contribution >= 4 is 15.9 Å². The predicted octanol–water partition coefficient (Wildman–Crippen LogP) is 1.71. The second kappa shape index (κ2) is 7.42. The molecule has 0 fully saturated rings. The molecule has 0 aliphatic carbocycles. The average Bonchev–Trinajstić information content (AvgIpc) is 2.84. The summed E-state index contributed by atoms with van der Waals surface area (Å²) in [6.45, 7) is 1.41. The Labute approximate surface area is 126 Å². The summed E-state index contributed by atoms with van der Waals surface area (Å²) in [6, 6.07) is 9.47. The van der Waals surface area contributed by atoms with Gasteiger partial charge in [-0.1, -0.05) is 15.9 Å². The number of benzene rings is 1. The van der Waals surface area contributed by atoms with Crippen molar-refractivity contribution in [2.45, 2.75) is 12.6 Å². The SMILES string of the molecule is Cn1nccc1CNCC(O)COc1ccc(Br)cc1. The molecule has 1 unspecified atom stereocenters. The van der Waals surface area contributed by atoms with Crippen LogP contribution in [0, 0.1) is 0 Å². The molecule has 2 N–H and O–H groups in total. The van der Waals surface area contributed by atoms with Crippen LogP contribution in [0.15, 0.2) is 41.0 Å². The Balaban J connectivity index is 1.66. The van der Waals surface area contributed by atoms with Gasteiger partial charge in [0.15, 0.2) is 0 Å². The molecule has 5 nitrogen and oxygen atoms in total. The molecular formula is C14H18BrN3O2. The Morgan fingerprint density at radius 2 is 2.10 bits per heavy atom. The molecule has 0 saturated carbocycles. The van der Waals surface area contributed by atoms with E-state index in [1.807, 2.05) is 37.4 Å². The summed E-state index contributed by atoms with van der Waals surface area (Å²) in [5.41, 5.74) is 1.08. The molecule has 0 saturated heterocycles. The lowest BCUT2D eigenvalue weighted by Crippen LogP contribution is -2.31. The third kappa shape index (κ3) is 4.63. The first-order valence-corrected chi connectivity index (χ1v) is 7.18. The minimum absolute atomic E-state index is 0.264. The first-order chi connectivity index (χ1) is 9.65. The van der Waals surface area contributed by atoms with E-state index < -0.39 is 6.10 Å². The number of rotatable bonds is 7. The minimum atomic E-state index is -0.549. The number of halogens is 1. The molecule has 20 heavy (non-hydrogen) atoms. The Morgan fingerprint density at radius 3 is 2.75 bits per heavy atom. The monoisotopic (exact) mass is 339 g/mol. The molecule has 0 bridgehead atoms. The van der Waals surface area contributed by atoms with E-state index in [9.17, 15) is 5.11 Å². The maximum Gasteiger partial charge on any atom is 0.119 e. The fourth-order valence-electron chi connectivity index (χ4n) is 1.72. The fourth-order valence-corrected chi connectivity index (χ4v) is 1.99. The summed E-state index contributed by atoms with van der Waals surface area (Å²) < 4.78 is 8.31. The number of nitrogens with zero attached hydrogens (tertiary/aromatic N) is 2. The number of aliphatic hydroxyl groups excluding tert-OH is 1. The Kier molecular flexibility index (Phi) is 5.58. The van der Waals surface area contributed by atoms with Gasteiger partial charge in [-0.25, -0.2) is 0 Å². The number of aryl methyl sites for hydroxylation is 1. The highest BCUT2D eigenvalue weighted by Crippen LogP contribution is 2.16. The van der Waals surface area contributed by atoms with Crippen molar-refractivity contribution in [2.24, 2.45) is 7.05 Å². The van der Waals surface area contributed by atoms with Crippen molar-refractivity contribution in [3.63, 3.8) is 0 Å². The van der Waals surface area contributed by atoms with E-state index in [0.717, 1.165) is 15.9 Å². The van der Waals surface area contributed by atoms with E-state index in [2.05, 4.69) is 26.3 Å². The first kappa shape index (κ1) is 15.0. The largest absolute Gasteiger partial charge is 0.491 e. The predicted molar refractivity (Wildman–Crippen MR) is 80.6 cm³/mol. The third-order valence-electron chi connectivity index (χ3n) is 2.86.